The zero-order valence-electron chi connectivity index (χ0n) is 37.5. The number of fused-ring (bicyclic) bond motifs is 2. The van der Waals surface area contributed by atoms with Gasteiger partial charge in [0.25, 0.3) is 0 Å². The lowest BCUT2D eigenvalue weighted by Crippen LogP contribution is -2.70. The summed E-state index contributed by atoms with van der Waals surface area (Å²) in [5, 5.41) is 27.4. The highest BCUT2D eigenvalue weighted by molar-refractivity contribution is 6.03. The van der Waals surface area contributed by atoms with Crippen molar-refractivity contribution in [2.75, 3.05) is 52.6 Å². The van der Waals surface area contributed by atoms with Crippen molar-refractivity contribution in [1.82, 2.24) is 4.90 Å². The number of benzene rings is 3. The van der Waals surface area contributed by atoms with Crippen LogP contribution >= 0.6 is 0 Å². The number of anilines is 1. The van der Waals surface area contributed by atoms with E-state index in [-0.39, 0.29) is 63.6 Å². The van der Waals surface area contributed by atoms with Gasteiger partial charge in [0.2, 0.25) is 5.79 Å². The van der Waals surface area contributed by atoms with E-state index < -0.39 is 41.7 Å². The molecule has 1 heterocycles. The van der Waals surface area contributed by atoms with Crippen molar-refractivity contribution >= 4 is 23.6 Å². The summed E-state index contributed by atoms with van der Waals surface area (Å²) in [6.07, 6.45) is 8.77. The first-order chi connectivity index (χ1) is 31.6. The second-order valence-electron chi connectivity index (χ2n) is 16.2. The fourth-order valence-electron chi connectivity index (χ4n) is 9.40. The van der Waals surface area contributed by atoms with Crippen LogP contribution in [0.4, 0.5) is 19.7 Å². The van der Waals surface area contributed by atoms with Crippen molar-refractivity contribution in [2.45, 2.75) is 82.6 Å². The molecule has 1 aliphatic heterocycles. The number of nitrogens with one attached hydrogen (secondary N) is 1. The highest BCUT2D eigenvalue weighted by atomic mass is 19.1. The largest absolute Gasteiger partial charge is 0.497 e. The van der Waals surface area contributed by atoms with E-state index in [4.69, 9.17) is 38.4 Å². The lowest BCUT2D eigenvalue weighted by atomic mass is 9.55. The van der Waals surface area contributed by atoms with Gasteiger partial charge in [-0.1, -0.05) is 48.4 Å². The number of aliphatic hydroxyl groups is 2. The normalized spacial score (nSPS) is 22.3. The molecule has 0 unspecified atom stereocenters. The molecule has 3 aliphatic rings. The van der Waals surface area contributed by atoms with Crippen molar-refractivity contribution in [1.29, 1.82) is 0 Å². The molecule has 65 heavy (non-hydrogen) atoms. The van der Waals surface area contributed by atoms with Gasteiger partial charge in [0.15, 0.2) is 0 Å². The standard InChI is InChI=1S/C50H62FN3O11/c1-6-9-27-61-49(58)54(32-33-16-18-35(51)19-17-33)45-31-42(53-63-8-3)39-28-34(14-10-12-24-55)38(15-11-13-25-56)46-40-29-37(21-23-43(40)65-50(45,47(39)46)62-26-7-2)64-48(57)52-41-22-20-36(59-4)30-44(41)60-5/h6-7,16-23,28-30,34,38,45-47,55-56H,1-2,8-15,24-27,31-32H2,3-5H3,(H,52,57)/t34-,38+,45-,46+,47+,50+/m0/s1. The zero-order chi connectivity index (χ0) is 46.3. The van der Waals surface area contributed by atoms with Crippen LogP contribution in [0.3, 0.4) is 0 Å². The van der Waals surface area contributed by atoms with E-state index in [1.165, 1.54) is 26.4 Å². The predicted molar refractivity (Wildman–Crippen MR) is 244 cm³/mol. The van der Waals surface area contributed by atoms with Gasteiger partial charge in [-0.25, -0.2) is 14.0 Å². The highest BCUT2D eigenvalue weighted by Crippen LogP contribution is 2.62. The summed E-state index contributed by atoms with van der Waals surface area (Å²) in [6, 6.07) is 15.2. The molecule has 6 rings (SSSR count). The molecule has 3 N–H and O–H groups in total. The van der Waals surface area contributed by atoms with Gasteiger partial charge in [0, 0.05) is 43.7 Å². The van der Waals surface area contributed by atoms with Crippen LogP contribution in [-0.4, -0.2) is 92.1 Å². The molecule has 1 fully saturated rings. The SMILES string of the molecule is C=CCCOC(=O)N(Cc1ccc(F)cc1)[C@H]1CC(=NOCC)C2=C[C@H](CCCCO)[C@@H](CCCCO)[C@@H]3c4cc(OC(=O)Nc5ccc(OC)cc5OC)ccc4O[C@@]1(OCC=C)[C@H]23. The van der Waals surface area contributed by atoms with Gasteiger partial charge in [-0.2, -0.15) is 0 Å². The molecule has 15 heteroatoms. The van der Waals surface area contributed by atoms with Gasteiger partial charge < -0.3 is 43.5 Å². The quantitative estimate of drug-likeness (QED) is 0.0472. The molecule has 1 saturated carbocycles. The first-order valence-corrected chi connectivity index (χ1v) is 22.3. The Morgan fingerprint density at radius 2 is 1.72 bits per heavy atom. The van der Waals surface area contributed by atoms with Crippen molar-refractivity contribution in [2.24, 2.45) is 22.9 Å². The van der Waals surface area contributed by atoms with E-state index in [1.807, 2.05) is 13.0 Å². The number of carbonyl (C=O) groups is 2. The van der Waals surface area contributed by atoms with Crippen molar-refractivity contribution in [3.8, 4) is 23.0 Å². The Kier molecular flexibility index (Phi) is 17.4. The second kappa shape index (κ2) is 23.3. The first-order valence-electron chi connectivity index (χ1n) is 22.3. The summed E-state index contributed by atoms with van der Waals surface area (Å²) < 4.78 is 51.2. The van der Waals surface area contributed by atoms with Gasteiger partial charge in [0.05, 0.1) is 44.8 Å². The van der Waals surface area contributed by atoms with Crippen LogP contribution < -0.4 is 24.3 Å². The molecule has 3 aromatic rings. The Balaban J connectivity index is 1.54. The molecule has 0 bridgehead atoms. The van der Waals surface area contributed by atoms with Crippen LogP contribution in [0.1, 0.15) is 75.3 Å². The number of unbranched alkanes of at least 4 members (excludes halogenated alkanes) is 2. The van der Waals surface area contributed by atoms with Crippen LogP contribution in [0, 0.1) is 23.6 Å². The number of methoxy groups -OCH3 is 2. The summed E-state index contributed by atoms with van der Waals surface area (Å²) in [5.41, 5.74) is 3.20. The molecular weight excluding hydrogens is 838 g/mol. The Morgan fingerprint density at radius 1 is 0.969 bits per heavy atom. The molecule has 6 atom stereocenters. The molecule has 0 spiro atoms. The van der Waals surface area contributed by atoms with E-state index in [1.54, 1.807) is 59.5 Å². The minimum atomic E-state index is -1.59. The monoisotopic (exact) mass is 899 g/mol. The third kappa shape index (κ3) is 11.3. The predicted octanol–water partition coefficient (Wildman–Crippen LogP) is 9.32. The van der Waals surface area contributed by atoms with Crippen LogP contribution in [0.5, 0.6) is 23.0 Å². The topological polar surface area (TPSA) is 167 Å². The number of aliphatic hydroxyl groups excluding tert-OH is 2. The van der Waals surface area contributed by atoms with Crippen molar-refractivity contribution in [3.63, 3.8) is 0 Å². The molecular formula is C50H62FN3O11. The number of ether oxygens (including phenoxy) is 6. The average Bonchev–Trinajstić information content (AvgIpc) is 3.31. The maximum absolute atomic E-state index is 14.5. The van der Waals surface area contributed by atoms with E-state index >= 15 is 0 Å². The smallest absolute Gasteiger partial charge is 0.417 e. The van der Waals surface area contributed by atoms with E-state index in [2.05, 4.69) is 24.6 Å². The van der Waals surface area contributed by atoms with Crippen molar-refractivity contribution in [3.05, 3.63) is 115 Å². The maximum Gasteiger partial charge on any atom is 0.417 e. The van der Waals surface area contributed by atoms with Crippen LogP contribution in [0.25, 0.3) is 0 Å². The molecule has 2 aliphatic carbocycles. The minimum Gasteiger partial charge on any atom is -0.497 e. The number of oxime groups is 1. The summed E-state index contributed by atoms with van der Waals surface area (Å²) in [7, 11) is 3.03. The van der Waals surface area contributed by atoms with Gasteiger partial charge in [-0.3, -0.25) is 10.2 Å². The summed E-state index contributed by atoms with van der Waals surface area (Å²) >= 11 is 0. The van der Waals surface area contributed by atoms with Crippen LogP contribution in [-0.2, 0) is 20.9 Å². The van der Waals surface area contributed by atoms with E-state index in [0.29, 0.717) is 66.3 Å². The Morgan fingerprint density at radius 3 is 2.42 bits per heavy atom. The van der Waals surface area contributed by atoms with Gasteiger partial charge in [0.1, 0.15) is 41.5 Å². The fourth-order valence-corrected chi connectivity index (χ4v) is 9.40. The molecule has 14 nitrogen and oxygen atoms in total. The third-order valence-corrected chi connectivity index (χ3v) is 12.2. The first kappa shape index (κ1) is 48.6. The molecule has 0 saturated heterocycles. The molecule has 2 amide bonds. The number of halogens is 1. The van der Waals surface area contributed by atoms with Gasteiger partial charge >= 0.3 is 12.2 Å². The molecule has 0 radical (unpaired) electrons. The number of hydrogen-bond acceptors (Lipinski definition) is 12. The number of nitrogens with zero attached hydrogens (tertiary/aromatic N) is 2. The van der Waals surface area contributed by atoms with E-state index in [0.717, 1.165) is 24.0 Å². The number of carbonyl (C=O) groups excluding carboxylic acids is 2. The average molecular weight is 900 g/mol. The van der Waals surface area contributed by atoms with Gasteiger partial charge in [-0.15, -0.1) is 13.2 Å². The summed E-state index contributed by atoms with van der Waals surface area (Å²) in [4.78, 5) is 35.5. The van der Waals surface area contributed by atoms with Gasteiger partial charge in [-0.05, 0) is 104 Å². The maximum atomic E-state index is 14.5. The second-order valence-corrected chi connectivity index (χ2v) is 16.2. The fraction of sp³-hybridized carbons (Fsp3) is 0.460. The number of allylic oxidation sites excluding steroid dienone is 1. The lowest BCUT2D eigenvalue weighted by Gasteiger charge is -2.59. The Labute approximate surface area is 380 Å². The molecule has 350 valence electrons. The molecule has 3 aromatic carbocycles. The molecule has 0 aromatic heterocycles. The summed E-state index contributed by atoms with van der Waals surface area (Å²) in [5.74, 6) is -1.52. The third-order valence-electron chi connectivity index (χ3n) is 12.2. The number of amides is 2. The summed E-state index contributed by atoms with van der Waals surface area (Å²) in [6.45, 7) is 10.1. The Bertz CT molecular complexity index is 2160. The number of hydrogen-bond donors (Lipinski definition) is 3. The zero-order valence-corrected chi connectivity index (χ0v) is 37.5. The minimum absolute atomic E-state index is 0.0101. The Hall–Kier alpha value is -5.90. The van der Waals surface area contributed by atoms with E-state index in [9.17, 15) is 24.2 Å². The lowest BCUT2D eigenvalue weighted by molar-refractivity contribution is -0.256. The highest BCUT2D eigenvalue weighted by Gasteiger charge is 2.65. The number of rotatable bonds is 23. The van der Waals surface area contributed by atoms with Crippen LogP contribution in [0.2, 0.25) is 0 Å². The van der Waals surface area contributed by atoms with Crippen LogP contribution in [0.15, 0.2) is 103 Å². The van der Waals surface area contributed by atoms with Crippen molar-refractivity contribution < 1.29 is 57.5 Å².